The predicted octanol–water partition coefficient (Wildman–Crippen LogP) is 3.14. The van der Waals surface area contributed by atoms with Gasteiger partial charge < -0.3 is 10.5 Å². The van der Waals surface area contributed by atoms with Gasteiger partial charge in [0, 0.05) is 6.20 Å². The highest BCUT2D eigenvalue weighted by atomic mass is 16.5. The lowest BCUT2D eigenvalue weighted by molar-refractivity contribution is 0.218. The number of hydrogen-bond acceptors (Lipinski definition) is 5. The van der Waals surface area contributed by atoms with Gasteiger partial charge in [0.25, 0.3) is 5.78 Å². The normalized spacial score (nSPS) is 13.2. The van der Waals surface area contributed by atoms with Crippen molar-refractivity contribution in [3.8, 4) is 5.75 Å². The molecule has 0 amide bonds. The molecule has 0 aliphatic rings. The minimum absolute atomic E-state index is 0.125. The number of benzene rings is 1. The molecule has 6 nitrogen and oxygen atoms in total. The lowest BCUT2D eigenvalue weighted by atomic mass is 9.87. The molecule has 0 aliphatic heterocycles. The number of fused-ring (bicyclic) bond motifs is 1. The molecule has 2 N–H and O–H groups in total. The van der Waals surface area contributed by atoms with E-state index in [1.807, 2.05) is 25.1 Å². The van der Waals surface area contributed by atoms with E-state index in [1.165, 1.54) is 5.56 Å². The first-order valence-electron chi connectivity index (χ1n) is 7.59. The summed E-state index contributed by atoms with van der Waals surface area (Å²) in [6.07, 6.45) is 1.48. The first-order valence-corrected chi connectivity index (χ1v) is 7.59. The van der Waals surface area contributed by atoms with Gasteiger partial charge in [0.2, 0.25) is 5.95 Å². The summed E-state index contributed by atoms with van der Waals surface area (Å²) in [6, 6.07) is 10.0. The van der Waals surface area contributed by atoms with Crippen LogP contribution in [0.5, 0.6) is 5.75 Å². The number of nitrogen functional groups attached to an aromatic ring is 1. The van der Waals surface area contributed by atoms with Gasteiger partial charge in [-0.1, -0.05) is 32.9 Å². The van der Waals surface area contributed by atoms with Gasteiger partial charge in [0.1, 0.15) is 11.9 Å². The number of hydrogen-bond donors (Lipinski definition) is 1. The summed E-state index contributed by atoms with van der Waals surface area (Å²) in [6.45, 7) is 8.53. The van der Waals surface area contributed by atoms with E-state index in [0.717, 1.165) is 11.4 Å². The third kappa shape index (κ3) is 3.11. The Hall–Kier alpha value is -2.63. The molecule has 2 aromatic heterocycles. The Kier molecular flexibility index (Phi) is 3.67. The number of ether oxygens (including phenoxy) is 1. The van der Waals surface area contributed by atoms with Gasteiger partial charge in [-0.2, -0.15) is 9.50 Å². The van der Waals surface area contributed by atoms with Crippen LogP contribution in [-0.4, -0.2) is 19.6 Å². The highest BCUT2D eigenvalue weighted by Gasteiger charge is 2.16. The van der Waals surface area contributed by atoms with E-state index in [2.05, 4.69) is 48.0 Å². The van der Waals surface area contributed by atoms with Gasteiger partial charge in [-0.25, -0.2) is 4.98 Å². The Morgan fingerprint density at radius 1 is 1.13 bits per heavy atom. The van der Waals surface area contributed by atoms with Crippen LogP contribution in [0.1, 0.15) is 45.1 Å². The Morgan fingerprint density at radius 2 is 1.83 bits per heavy atom. The van der Waals surface area contributed by atoms with Gasteiger partial charge in [-0.15, -0.1) is 5.10 Å². The van der Waals surface area contributed by atoms with Gasteiger partial charge in [0.15, 0.2) is 0 Å². The molecule has 3 aromatic rings. The summed E-state index contributed by atoms with van der Waals surface area (Å²) in [4.78, 5) is 8.21. The fourth-order valence-electron chi connectivity index (χ4n) is 2.43. The van der Waals surface area contributed by atoms with Gasteiger partial charge >= 0.3 is 0 Å². The van der Waals surface area contributed by atoms with Crippen LogP contribution in [0.15, 0.2) is 36.5 Å². The van der Waals surface area contributed by atoms with Crippen molar-refractivity contribution >= 4 is 11.7 Å². The first-order chi connectivity index (χ1) is 10.8. The number of rotatable bonds is 3. The van der Waals surface area contributed by atoms with Crippen LogP contribution in [0.25, 0.3) is 5.78 Å². The molecule has 1 unspecified atom stereocenters. The fraction of sp³-hybridized carbons (Fsp3) is 0.353. The van der Waals surface area contributed by atoms with E-state index in [-0.39, 0.29) is 17.5 Å². The first kappa shape index (κ1) is 15.3. The molecule has 2 heterocycles. The summed E-state index contributed by atoms with van der Waals surface area (Å²) in [5.74, 6) is 1.48. The van der Waals surface area contributed by atoms with Crippen LogP contribution in [0.4, 0.5) is 5.95 Å². The average molecular weight is 311 g/mol. The molecule has 3 rings (SSSR count). The predicted molar refractivity (Wildman–Crippen MR) is 89.4 cm³/mol. The lowest BCUT2D eigenvalue weighted by Gasteiger charge is -2.20. The van der Waals surface area contributed by atoms with E-state index in [4.69, 9.17) is 10.5 Å². The molecule has 0 radical (unpaired) electrons. The van der Waals surface area contributed by atoms with Crippen LogP contribution >= 0.6 is 0 Å². The second-order valence-corrected chi connectivity index (χ2v) is 6.59. The van der Waals surface area contributed by atoms with E-state index >= 15 is 0 Å². The maximum atomic E-state index is 6.03. The van der Waals surface area contributed by atoms with Crippen molar-refractivity contribution in [3.63, 3.8) is 0 Å². The number of anilines is 1. The summed E-state index contributed by atoms with van der Waals surface area (Å²) >= 11 is 0. The molecule has 0 spiro atoms. The van der Waals surface area contributed by atoms with Crippen molar-refractivity contribution in [1.82, 2.24) is 19.6 Å². The molecule has 6 heteroatoms. The highest BCUT2D eigenvalue weighted by Crippen LogP contribution is 2.26. The van der Waals surface area contributed by atoms with Crippen LogP contribution in [0.2, 0.25) is 0 Å². The molecule has 1 aromatic carbocycles. The smallest absolute Gasteiger partial charge is 0.254 e. The molecular weight excluding hydrogens is 290 g/mol. The zero-order valence-corrected chi connectivity index (χ0v) is 13.8. The average Bonchev–Trinajstić information content (AvgIpc) is 2.86. The Morgan fingerprint density at radius 3 is 2.48 bits per heavy atom. The summed E-state index contributed by atoms with van der Waals surface area (Å²) in [5, 5.41) is 4.16. The largest absolute Gasteiger partial charge is 0.484 e. The van der Waals surface area contributed by atoms with Crippen molar-refractivity contribution in [1.29, 1.82) is 0 Å². The maximum Gasteiger partial charge on any atom is 0.254 e. The SMILES string of the molecule is CC(Oc1ccc(C(C)(C)C)cc1)c1ccnc2nc(N)nn12. The van der Waals surface area contributed by atoms with Crippen molar-refractivity contribution in [2.24, 2.45) is 0 Å². The molecule has 0 saturated carbocycles. The van der Waals surface area contributed by atoms with Gasteiger partial charge in [-0.3, -0.25) is 0 Å². The van der Waals surface area contributed by atoms with Gasteiger partial charge in [-0.05, 0) is 36.1 Å². The second kappa shape index (κ2) is 5.53. The third-order valence-corrected chi connectivity index (χ3v) is 3.74. The van der Waals surface area contributed by atoms with E-state index < -0.39 is 0 Å². The quantitative estimate of drug-likeness (QED) is 0.804. The lowest BCUT2D eigenvalue weighted by Crippen LogP contribution is -2.12. The second-order valence-electron chi connectivity index (χ2n) is 6.59. The van der Waals surface area contributed by atoms with Crippen LogP contribution in [0, 0.1) is 0 Å². The van der Waals surface area contributed by atoms with Crippen molar-refractivity contribution in [2.45, 2.75) is 39.2 Å². The van der Waals surface area contributed by atoms with Gasteiger partial charge in [0.05, 0.1) is 5.69 Å². The topological polar surface area (TPSA) is 78.3 Å². The van der Waals surface area contributed by atoms with Crippen LogP contribution < -0.4 is 10.5 Å². The molecule has 0 bridgehead atoms. The summed E-state index contributed by atoms with van der Waals surface area (Å²) < 4.78 is 7.64. The fourth-order valence-corrected chi connectivity index (χ4v) is 2.43. The molecule has 120 valence electrons. The molecule has 1 atom stereocenters. The summed E-state index contributed by atoms with van der Waals surface area (Å²) in [5.41, 5.74) is 7.89. The minimum atomic E-state index is -0.206. The van der Waals surface area contributed by atoms with Crippen molar-refractivity contribution in [3.05, 3.63) is 47.8 Å². The van der Waals surface area contributed by atoms with E-state index in [9.17, 15) is 0 Å². The molecule has 0 saturated heterocycles. The Balaban J connectivity index is 1.84. The molecule has 23 heavy (non-hydrogen) atoms. The van der Waals surface area contributed by atoms with E-state index in [1.54, 1.807) is 10.7 Å². The van der Waals surface area contributed by atoms with Crippen molar-refractivity contribution < 1.29 is 4.74 Å². The highest BCUT2D eigenvalue weighted by molar-refractivity contribution is 5.36. The minimum Gasteiger partial charge on any atom is -0.484 e. The van der Waals surface area contributed by atoms with E-state index in [0.29, 0.717) is 5.78 Å². The summed E-state index contributed by atoms with van der Waals surface area (Å²) in [7, 11) is 0. The molecule has 0 aliphatic carbocycles. The van der Waals surface area contributed by atoms with Crippen LogP contribution in [-0.2, 0) is 5.41 Å². The third-order valence-electron chi connectivity index (χ3n) is 3.74. The standard InChI is InChI=1S/C17H21N5O/c1-11(14-9-10-19-16-20-15(18)21-22(14)16)23-13-7-5-12(6-8-13)17(2,3)4/h5-11H,1-4H3,(H2,18,21). The Bertz CT molecular complexity index is 817. The Labute approximate surface area is 135 Å². The number of nitrogens with zero attached hydrogens (tertiary/aromatic N) is 4. The maximum absolute atomic E-state index is 6.03. The van der Waals surface area contributed by atoms with Crippen molar-refractivity contribution in [2.75, 3.05) is 5.73 Å². The zero-order chi connectivity index (χ0) is 16.6. The van der Waals surface area contributed by atoms with Crippen LogP contribution in [0.3, 0.4) is 0 Å². The molecule has 0 fully saturated rings. The zero-order valence-electron chi connectivity index (χ0n) is 13.8. The molecular formula is C17H21N5O. The number of aromatic nitrogens is 4. The number of nitrogens with two attached hydrogens (primary N) is 1. The monoisotopic (exact) mass is 311 g/mol.